The van der Waals surface area contributed by atoms with E-state index in [0.29, 0.717) is 12.4 Å². The van der Waals surface area contributed by atoms with Crippen molar-refractivity contribution in [3.63, 3.8) is 0 Å². The molecule has 100 valence electrons. The SMILES string of the molecule is NNc1cc(OCc2ccccc2)c2ccccc2n1. The number of ether oxygens (including phenoxy) is 1. The fourth-order valence-electron chi connectivity index (χ4n) is 2.07. The number of aromatic nitrogens is 1. The molecule has 0 bridgehead atoms. The first kappa shape index (κ1) is 12.4. The predicted molar refractivity (Wildman–Crippen MR) is 80.3 cm³/mol. The molecule has 3 N–H and O–H groups in total. The molecule has 2 aromatic carbocycles. The number of nitrogens with zero attached hydrogens (tertiary/aromatic N) is 1. The molecule has 3 rings (SSSR count). The summed E-state index contributed by atoms with van der Waals surface area (Å²) in [5.41, 5.74) is 4.54. The summed E-state index contributed by atoms with van der Waals surface area (Å²) in [6.07, 6.45) is 0. The van der Waals surface area contributed by atoms with Gasteiger partial charge < -0.3 is 10.2 Å². The molecule has 0 atom stereocenters. The maximum Gasteiger partial charge on any atom is 0.144 e. The Kier molecular flexibility index (Phi) is 3.48. The first-order valence-electron chi connectivity index (χ1n) is 6.40. The molecule has 0 fully saturated rings. The van der Waals surface area contributed by atoms with Crippen molar-refractivity contribution in [1.82, 2.24) is 4.98 Å². The van der Waals surface area contributed by atoms with Crippen LogP contribution in [0.2, 0.25) is 0 Å². The summed E-state index contributed by atoms with van der Waals surface area (Å²) in [5.74, 6) is 6.81. The van der Waals surface area contributed by atoms with Gasteiger partial charge >= 0.3 is 0 Å². The molecular formula is C16H15N3O. The normalized spacial score (nSPS) is 10.4. The Balaban J connectivity index is 1.93. The zero-order valence-electron chi connectivity index (χ0n) is 10.9. The maximum atomic E-state index is 5.91. The molecule has 0 spiro atoms. The van der Waals surface area contributed by atoms with Gasteiger partial charge in [0.2, 0.25) is 0 Å². The predicted octanol–water partition coefficient (Wildman–Crippen LogP) is 3.10. The third kappa shape index (κ3) is 2.55. The van der Waals surface area contributed by atoms with Gasteiger partial charge in [-0.15, -0.1) is 0 Å². The van der Waals surface area contributed by atoms with E-state index < -0.39 is 0 Å². The van der Waals surface area contributed by atoms with Crippen LogP contribution in [-0.2, 0) is 6.61 Å². The number of para-hydroxylation sites is 1. The number of pyridine rings is 1. The number of nitrogens with one attached hydrogen (secondary N) is 1. The zero-order valence-corrected chi connectivity index (χ0v) is 10.9. The number of anilines is 1. The largest absolute Gasteiger partial charge is 0.488 e. The van der Waals surface area contributed by atoms with Gasteiger partial charge in [0.1, 0.15) is 18.2 Å². The second kappa shape index (κ2) is 5.59. The first-order chi connectivity index (χ1) is 9.86. The third-order valence-corrected chi connectivity index (χ3v) is 3.06. The molecule has 20 heavy (non-hydrogen) atoms. The lowest BCUT2D eigenvalue weighted by Crippen LogP contribution is -2.09. The van der Waals surface area contributed by atoms with Crippen molar-refractivity contribution in [1.29, 1.82) is 0 Å². The molecular weight excluding hydrogens is 250 g/mol. The Labute approximate surface area is 117 Å². The number of hydrazine groups is 1. The lowest BCUT2D eigenvalue weighted by atomic mass is 10.2. The highest BCUT2D eigenvalue weighted by atomic mass is 16.5. The molecule has 4 heteroatoms. The van der Waals surface area contributed by atoms with Crippen LogP contribution in [0.3, 0.4) is 0 Å². The van der Waals surface area contributed by atoms with Crippen molar-refractivity contribution in [3.8, 4) is 5.75 Å². The van der Waals surface area contributed by atoms with Crippen LogP contribution < -0.4 is 16.0 Å². The lowest BCUT2D eigenvalue weighted by molar-refractivity contribution is 0.310. The van der Waals surface area contributed by atoms with Crippen LogP contribution >= 0.6 is 0 Å². The third-order valence-electron chi connectivity index (χ3n) is 3.06. The minimum atomic E-state index is 0.513. The fraction of sp³-hybridized carbons (Fsp3) is 0.0625. The van der Waals surface area contributed by atoms with Gasteiger partial charge in [0.25, 0.3) is 0 Å². The van der Waals surface area contributed by atoms with E-state index >= 15 is 0 Å². The maximum absolute atomic E-state index is 5.91. The summed E-state index contributed by atoms with van der Waals surface area (Å²) >= 11 is 0. The molecule has 0 saturated heterocycles. The average Bonchev–Trinajstić information content (AvgIpc) is 2.53. The van der Waals surface area contributed by atoms with E-state index in [1.165, 1.54) is 0 Å². The Morgan fingerprint density at radius 1 is 1.00 bits per heavy atom. The second-order valence-corrected chi connectivity index (χ2v) is 4.44. The van der Waals surface area contributed by atoms with Gasteiger partial charge in [-0.1, -0.05) is 42.5 Å². The van der Waals surface area contributed by atoms with Gasteiger partial charge in [-0.3, -0.25) is 0 Å². The van der Waals surface area contributed by atoms with E-state index in [2.05, 4.69) is 10.4 Å². The molecule has 0 radical (unpaired) electrons. The number of rotatable bonds is 4. The monoisotopic (exact) mass is 265 g/mol. The molecule has 1 heterocycles. The summed E-state index contributed by atoms with van der Waals surface area (Å²) in [5, 5.41) is 0.974. The zero-order chi connectivity index (χ0) is 13.8. The van der Waals surface area contributed by atoms with Gasteiger partial charge in [-0.25, -0.2) is 10.8 Å². The number of hydrogen-bond donors (Lipinski definition) is 2. The van der Waals surface area contributed by atoms with Crippen LogP contribution in [0.4, 0.5) is 5.82 Å². The topological polar surface area (TPSA) is 60.2 Å². The summed E-state index contributed by atoms with van der Waals surface area (Å²) < 4.78 is 5.91. The van der Waals surface area contributed by atoms with Gasteiger partial charge in [-0.05, 0) is 17.7 Å². The first-order valence-corrected chi connectivity index (χ1v) is 6.40. The van der Waals surface area contributed by atoms with Crippen LogP contribution in [0.25, 0.3) is 10.9 Å². The average molecular weight is 265 g/mol. The highest BCUT2D eigenvalue weighted by Crippen LogP contribution is 2.27. The van der Waals surface area contributed by atoms with Gasteiger partial charge in [0, 0.05) is 11.5 Å². The van der Waals surface area contributed by atoms with E-state index in [0.717, 1.165) is 22.2 Å². The van der Waals surface area contributed by atoms with Crippen molar-refractivity contribution >= 4 is 16.7 Å². The summed E-state index contributed by atoms with van der Waals surface area (Å²) in [6, 6.07) is 19.7. The van der Waals surface area contributed by atoms with Gasteiger partial charge in [-0.2, -0.15) is 0 Å². The quantitative estimate of drug-likeness (QED) is 0.562. The van der Waals surface area contributed by atoms with Crippen molar-refractivity contribution in [2.24, 2.45) is 5.84 Å². The van der Waals surface area contributed by atoms with Crippen LogP contribution in [-0.4, -0.2) is 4.98 Å². The van der Waals surface area contributed by atoms with Gasteiger partial charge in [0.15, 0.2) is 0 Å². The molecule has 0 aliphatic carbocycles. The minimum Gasteiger partial charge on any atom is -0.488 e. The Bertz CT molecular complexity index is 713. The molecule has 0 unspecified atom stereocenters. The van der Waals surface area contributed by atoms with Crippen LogP contribution in [0.1, 0.15) is 5.56 Å². The van der Waals surface area contributed by atoms with Crippen LogP contribution in [0.15, 0.2) is 60.7 Å². The van der Waals surface area contributed by atoms with E-state index in [4.69, 9.17) is 10.6 Å². The number of nitrogen functional groups attached to an aromatic ring is 1. The molecule has 0 aliphatic rings. The summed E-state index contributed by atoms with van der Waals surface area (Å²) in [6.45, 7) is 0.513. The van der Waals surface area contributed by atoms with Crippen molar-refractivity contribution in [3.05, 3.63) is 66.2 Å². The second-order valence-electron chi connectivity index (χ2n) is 4.44. The number of benzene rings is 2. The van der Waals surface area contributed by atoms with Crippen molar-refractivity contribution in [2.75, 3.05) is 5.43 Å². The Morgan fingerprint density at radius 2 is 1.75 bits per heavy atom. The van der Waals surface area contributed by atoms with E-state index in [1.807, 2.05) is 60.7 Å². The smallest absolute Gasteiger partial charge is 0.144 e. The molecule has 0 saturated carbocycles. The fourth-order valence-corrected chi connectivity index (χ4v) is 2.07. The van der Waals surface area contributed by atoms with E-state index in [-0.39, 0.29) is 0 Å². The van der Waals surface area contributed by atoms with E-state index in [9.17, 15) is 0 Å². The minimum absolute atomic E-state index is 0.513. The Hall–Kier alpha value is -2.59. The highest BCUT2D eigenvalue weighted by Gasteiger charge is 2.06. The van der Waals surface area contributed by atoms with Gasteiger partial charge in [0.05, 0.1) is 5.52 Å². The number of hydrogen-bond acceptors (Lipinski definition) is 4. The summed E-state index contributed by atoms with van der Waals surface area (Å²) in [7, 11) is 0. The lowest BCUT2D eigenvalue weighted by Gasteiger charge is -2.11. The van der Waals surface area contributed by atoms with Crippen molar-refractivity contribution in [2.45, 2.75) is 6.61 Å². The molecule has 3 aromatic rings. The molecule has 0 amide bonds. The summed E-state index contributed by atoms with van der Waals surface area (Å²) in [4.78, 5) is 4.39. The van der Waals surface area contributed by atoms with Crippen LogP contribution in [0, 0.1) is 0 Å². The van der Waals surface area contributed by atoms with E-state index in [1.54, 1.807) is 0 Å². The standard InChI is InChI=1S/C16H15N3O/c17-19-16-10-15(13-8-4-5-9-14(13)18-16)20-11-12-6-2-1-3-7-12/h1-10H,11,17H2,(H,18,19). The van der Waals surface area contributed by atoms with Crippen molar-refractivity contribution < 1.29 is 4.74 Å². The highest BCUT2D eigenvalue weighted by molar-refractivity contribution is 5.86. The number of nitrogens with two attached hydrogens (primary N) is 1. The molecule has 0 aliphatic heterocycles. The number of fused-ring (bicyclic) bond motifs is 1. The van der Waals surface area contributed by atoms with Crippen LogP contribution in [0.5, 0.6) is 5.75 Å². The molecule has 1 aromatic heterocycles. The molecule has 4 nitrogen and oxygen atoms in total. The Morgan fingerprint density at radius 3 is 2.55 bits per heavy atom.